The number of nitrogens with one attached hydrogen (secondary N) is 1. The molecule has 1 aliphatic carbocycles. The van der Waals surface area contributed by atoms with E-state index in [2.05, 4.69) is 12.2 Å². The largest absolute Gasteiger partial charge is 0.335 e. The van der Waals surface area contributed by atoms with Gasteiger partial charge in [-0.05, 0) is 45.2 Å². The van der Waals surface area contributed by atoms with Gasteiger partial charge in [-0.25, -0.2) is 9.78 Å². The van der Waals surface area contributed by atoms with E-state index in [-0.39, 0.29) is 23.7 Å². The van der Waals surface area contributed by atoms with E-state index in [1.165, 1.54) is 19.3 Å². The summed E-state index contributed by atoms with van der Waals surface area (Å²) in [5.74, 6) is 0.663. The van der Waals surface area contributed by atoms with Crippen molar-refractivity contribution in [3.63, 3.8) is 0 Å². The number of unbranched alkanes of at least 4 members (excludes halogenated alkanes) is 2. The van der Waals surface area contributed by atoms with Gasteiger partial charge in [0.25, 0.3) is 5.56 Å². The topological polar surface area (TPSA) is 67.2 Å². The van der Waals surface area contributed by atoms with Crippen LogP contribution in [0.4, 0.5) is 4.79 Å². The minimum atomic E-state index is -0.275. The van der Waals surface area contributed by atoms with Crippen molar-refractivity contribution in [3.05, 3.63) is 40.4 Å². The monoisotopic (exact) mass is 412 g/mol. The molecule has 3 rings (SSSR count). The van der Waals surface area contributed by atoms with Crippen LogP contribution >= 0.6 is 0 Å². The standard InChI is InChI=1S/C24H36N4O2/c1-4-6-12-17-28(24(30)25-19-13-8-7-9-14-19)18(3)22-26-21-16-11-10-15-20(21)23(29)27(22)5-2/h10-11,15-16,18-19H,4-9,12-14,17H2,1-3H3,(H,25,30). The maximum Gasteiger partial charge on any atom is 0.318 e. The van der Waals surface area contributed by atoms with Crippen LogP contribution in [0.2, 0.25) is 0 Å². The molecule has 1 unspecified atom stereocenters. The first-order valence-electron chi connectivity index (χ1n) is 11.6. The Bertz CT molecular complexity index is 902. The normalized spacial score (nSPS) is 15.8. The van der Waals surface area contributed by atoms with Crippen molar-refractivity contribution < 1.29 is 4.79 Å². The third-order valence-electron chi connectivity index (χ3n) is 6.24. The number of rotatable bonds is 8. The first kappa shape index (κ1) is 22.3. The molecule has 1 saturated carbocycles. The maximum absolute atomic E-state index is 13.3. The third-order valence-corrected chi connectivity index (χ3v) is 6.24. The Morgan fingerprint density at radius 3 is 2.63 bits per heavy atom. The average Bonchev–Trinajstić information content (AvgIpc) is 2.77. The van der Waals surface area contributed by atoms with E-state index in [0.29, 0.717) is 29.8 Å². The maximum atomic E-state index is 13.3. The van der Waals surface area contributed by atoms with E-state index in [1.807, 2.05) is 43.0 Å². The predicted molar refractivity (Wildman–Crippen MR) is 122 cm³/mol. The zero-order chi connectivity index (χ0) is 21.5. The molecule has 1 N–H and O–H groups in total. The fraction of sp³-hybridized carbons (Fsp3) is 0.625. The summed E-state index contributed by atoms with van der Waals surface area (Å²) in [7, 11) is 0. The van der Waals surface area contributed by atoms with Crippen molar-refractivity contribution in [2.45, 2.75) is 90.8 Å². The van der Waals surface area contributed by atoms with E-state index < -0.39 is 0 Å². The molecular formula is C24H36N4O2. The Labute approximate surface area is 179 Å². The van der Waals surface area contributed by atoms with E-state index in [0.717, 1.165) is 32.1 Å². The number of benzene rings is 1. The predicted octanol–water partition coefficient (Wildman–Crippen LogP) is 5.01. The van der Waals surface area contributed by atoms with Gasteiger partial charge in [0.1, 0.15) is 5.82 Å². The second-order valence-electron chi connectivity index (χ2n) is 8.40. The first-order valence-corrected chi connectivity index (χ1v) is 11.6. The Balaban J connectivity index is 1.92. The van der Waals surface area contributed by atoms with Gasteiger partial charge < -0.3 is 10.2 Å². The fourth-order valence-electron chi connectivity index (χ4n) is 4.46. The van der Waals surface area contributed by atoms with Gasteiger partial charge in [-0.15, -0.1) is 0 Å². The molecule has 0 spiro atoms. The Morgan fingerprint density at radius 2 is 1.93 bits per heavy atom. The van der Waals surface area contributed by atoms with Crippen molar-refractivity contribution in [2.24, 2.45) is 0 Å². The van der Waals surface area contributed by atoms with Crippen LogP contribution in [0.25, 0.3) is 10.9 Å². The Kier molecular flexibility index (Phi) is 7.88. The summed E-state index contributed by atoms with van der Waals surface area (Å²) in [6.45, 7) is 7.31. The molecule has 1 fully saturated rings. The van der Waals surface area contributed by atoms with E-state index in [9.17, 15) is 9.59 Å². The van der Waals surface area contributed by atoms with Gasteiger partial charge >= 0.3 is 6.03 Å². The summed E-state index contributed by atoms with van der Waals surface area (Å²) in [5, 5.41) is 3.88. The highest BCUT2D eigenvalue weighted by molar-refractivity contribution is 5.78. The molecular weight excluding hydrogens is 376 g/mol. The summed E-state index contributed by atoms with van der Waals surface area (Å²) < 4.78 is 1.72. The lowest BCUT2D eigenvalue weighted by atomic mass is 9.96. The van der Waals surface area contributed by atoms with Crippen LogP contribution in [-0.2, 0) is 6.54 Å². The Morgan fingerprint density at radius 1 is 1.20 bits per heavy atom. The highest BCUT2D eigenvalue weighted by Gasteiger charge is 2.27. The number of fused-ring (bicyclic) bond motifs is 1. The lowest BCUT2D eigenvalue weighted by molar-refractivity contribution is 0.166. The summed E-state index contributed by atoms with van der Waals surface area (Å²) in [4.78, 5) is 33.0. The van der Waals surface area contributed by atoms with E-state index in [4.69, 9.17) is 4.98 Å². The van der Waals surface area contributed by atoms with Gasteiger partial charge in [-0.2, -0.15) is 0 Å². The molecule has 2 aromatic rings. The molecule has 0 aliphatic heterocycles. The molecule has 0 bridgehead atoms. The number of hydrogen-bond donors (Lipinski definition) is 1. The number of urea groups is 1. The molecule has 2 amide bonds. The second-order valence-corrected chi connectivity index (χ2v) is 8.40. The summed E-state index contributed by atoms with van der Waals surface area (Å²) in [6, 6.07) is 7.40. The lowest BCUT2D eigenvalue weighted by Gasteiger charge is -2.33. The Hall–Kier alpha value is -2.37. The van der Waals surface area contributed by atoms with Gasteiger partial charge in [0, 0.05) is 19.1 Å². The highest BCUT2D eigenvalue weighted by atomic mass is 16.2. The molecule has 6 nitrogen and oxygen atoms in total. The van der Waals surface area contributed by atoms with Gasteiger partial charge in [-0.1, -0.05) is 51.2 Å². The molecule has 1 aliphatic rings. The van der Waals surface area contributed by atoms with E-state index >= 15 is 0 Å². The van der Waals surface area contributed by atoms with Gasteiger partial charge in [0.05, 0.1) is 16.9 Å². The summed E-state index contributed by atoms with van der Waals surface area (Å²) in [5.41, 5.74) is 0.654. The number of carbonyl (C=O) groups is 1. The van der Waals surface area contributed by atoms with Crippen LogP contribution < -0.4 is 10.9 Å². The van der Waals surface area contributed by atoms with Crippen LogP contribution in [0.1, 0.15) is 84.0 Å². The first-order chi connectivity index (χ1) is 14.6. The zero-order valence-corrected chi connectivity index (χ0v) is 18.7. The van der Waals surface area contributed by atoms with Crippen LogP contribution in [0.3, 0.4) is 0 Å². The van der Waals surface area contributed by atoms with Crippen molar-refractivity contribution in [3.8, 4) is 0 Å². The van der Waals surface area contributed by atoms with Gasteiger partial charge in [0.2, 0.25) is 0 Å². The molecule has 1 atom stereocenters. The summed E-state index contributed by atoms with van der Waals surface area (Å²) in [6.07, 6.45) is 8.84. The number of hydrogen-bond acceptors (Lipinski definition) is 3. The van der Waals surface area contributed by atoms with Crippen molar-refractivity contribution in [1.82, 2.24) is 19.8 Å². The third kappa shape index (κ3) is 5.02. The van der Waals surface area contributed by atoms with E-state index in [1.54, 1.807) is 4.57 Å². The molecule has 164 valence electrons. The average molecular weight is 413 g/mol. The summed E-state index contributed by atoms with van der Waals surface area (Å²) >= 11 is 0. The number of carbonyl (C=O) groups excluding carboxylic acids is 1. The van der Waals surface area contributed by atoms with Crippen LogP contribution in [0.15, 0.2) is 29.1 Å². The molecule has 6 heteroatoms. The van der Waals surface area contributed by atoms with Crippen LogP contribution in [0.5, 0.6) is 0 Å². The molecule has 30 heavy (non-hydrogen) atoms. The van der Waals surface area contributed by atoms with Crippen molar-refractivity contribution in [2.75, 3.05) is 6.54 Å². The lowest BCUT2D eigenvalue weighted by Crippen LogP contribution is -2.47. The highest BCUT2D eigenvalue weighted by Crippen LogP contribution is 2.23. The molecule has 1 heterocycles. The zero-order valence-electron chi connectivity index (χ0n) is 18.7. The molecule has 1 aromatic heterocycles. The minimum Gasteiger partial charge on any atom is -0.335 e. The fourth-order valence-corrected chi connectivity index (χ4v) is 4.46. The second kappa shape index (κ2) is 10.6. The smallest absolute Gasteiger partial charge is 0.318 e. The number of para-hydroxylation sites is 1. The number of aromatic nitrogens is 2. The van der Waals surface area contributed by atoms with Gasteiger partial charge in [-0.3, -0.25) is 9.36 Å². The van der Waals surface area contributed by atoms with Gasteiger partial charge in [0.15, 0.2) is 0 Å². The number of amides is 2. The van der Waals surface area contributed by atoms with Crippen molar-refractivity contribution >= 4 is 16.9 Å². The SMILES string of the molecule is CCCCCN(C(=O)NC1CCCCC1)C(C)c1nc2ccccc2c(=O)n1CC. The molecule has 0 radical (unpaired) electrons. The van der Waals surface area contributed by atoms with Crippen molar-refractivity contribution in [1.29, 1.82) is 0 Å². The minimum absolute atomic E-state index is 0.0319. The number of nitrogens with zero attached hydrogens (tertiary/aromatic N) is 3. The van der Waals surface area contributed by atoms with Crippen LogP contribution in [0, 0.1) is 0 Å². The van der Waals surface area contributed by atoms with Crippen LogP contribution in [-0.4, -0.2) is 33.1 Å². The molecule has 1 aromatic carbocycles. The quantitative estimate of drug-likeness (QED) is 0.620. The molecule has 0 saturated heterocycles.